The normalized spacial score (nSPS) is 24.9. The lowest BCUT2D eigenvalue weighted by atomic mass is 9.71. The second-order valence-electron chi connectivity index (χ2n) is 6.57. The van der Waals surface area contributed by atoms with Crippen molar-refractivity contribution in [1.29, 1.82) is 0 Å². The number of nitrogens with two attached hydrogens (primary N) is 1. The van der Waals surface area contributed by atoms with E-state index >= 15 is 0 Å². The molecule has 5 heteroatoms. The summed E-state index contributed by atoms with van der Waals surface area (Å²) in [6.07, 6.45) is 11.5. The molecule has 21 heavy (non-hydrogen) atoms. The summed E-state index contributed by atoms with van der Waals surface area (Å²) in [5, 5.41) is 3.06. The van der Waals surface area contributed by atoms with E-state index in [9.17, 15) is 4.79 Å². The van der Waals surface area contributed by atoms with Crippen molar-refractivity contribution < 1.29 is 9.53 Å². The minimum atomic E-state index is 0. The number of nitrogens with one attached hydrogen (secondary N) is 1. The molecule has 0 radical (unpaired) electrons. The molecule has 1 atom stereocenters. The highest BCUT2D eigenvalue weighted by atomic mass is 35.5. The Hall–Kier alpha value is -0.320. The van der Waals surface area contributed by atoms with Crippen LogP contribution in [0.15, 0.2) is 0 Å². The highest BCUT2D eigenvalue weighted by Crippen LogP contribution is 2.38. The first-order chi connectivity index (χ1) is 9.74. The van der Waals surface area contributed by atoms with Crippen LogP contribution >= 0.6 is 12.4 Å². The van der Waals surface area contributed by atoms with Gasteiger partial charge in [-0.1, -0.05) is 19.3 Å². The molecule has 0 spiro atoms. The molecular weight excluding hydrogens is 288 g/mol. The average Bonchev–Trinajstić information content (AvgIpc) is 2.49. The molecule has 0 aromatic rings. The molecule has 0 aromatic heterocycles. The van der Waals surface area contributed by atoms with E-state index in [1.807, 2.05) is 0 Å². The maximum Gasteiger partial charge on any atom is 0.220 e. The van der Waals surface area contributed by atoms with Crippen LogP contribution in [-0.4, -0.2) is 31.7 Å². The fourth-order valence-corrected chi connectivity index (χ4v) is 3.57. The number of hydrogen-bond donors (Lipinski definition) is 2. The molecule has 1 aliphatic heterocycles. The van der Waals surface area contributed by atoms with E-state index in [-0.39, 0.29) is 23.7 Å². The van der Waals surface area contributed by atoms with Gasteiger partial charge in [0.25, 0.3) is 0 Å². The minimum Gasteiger partial charge on any atom is -0.378 e. The summed E-state index contributed by atoms with van der Waals surface area (Å²) < 4.78 is 5.68. The summed E-state index contributed by atoms with van der Waals surface area (Å²) in [6.45, 7) is 2.27. The van der Waals surface area contributed by atoms with Crippen LogP contribution < -0.4 is 11.1 Å². The van der Waals surface area contributed by atoms with Gasteiger partial charge in [0, 0.05) is 19.6 Å². The lowest BCUT2D eigenvalue weighted by Gasteiger charge is -2.35. The lowest BCUT2D eigenvalue weighted by Crippen LogP contribution is -2.39. The van der Waals surface area contributed by atoms with Crippen molar-refractivity contribution in [1.82, 2.24) is 5.32 Å². The van der Waals surface area contributed by atoms with Gasteiger partial charge in [-0.05, 0) is 50.5 Å². The van der Waals surface area contributed by atoms with E-state index in [1.165, 1.54) is 32.1 Å². The minimum absolute atomic E-state index is 0. The first-order valence-electron chi connectivity index (χ1n) is 8.32. The van der Waals surface area contributed by atoms with Crippen molar-refractivity contribution in [2.45, 2.75) is 70.3 Å². The van der Waals surface area contributed by atoms with Crippen LogP contribution in [0.4, 0.5) is 0 Å². The Morgan fingerprint density at radius 1 is 1.19 bits per heavy atom. The van der Waals surface area contributed by atoms with E-state index in [1.54, 1.807) is 0 Å². The first-order valence-corrected chi connectivity index (χ1v) is 8.32. The van der Waals surface area contributed by atoms with Gasteiger partial charge in [0.2, 0.25) is 5.91 Å². The second kappa shape index (κ2) is 9.65. The zero-order chi connectivity index (χ0) is 14.3. The number of halogens is 1. The van der Waals surface area contributed by atoms with Crippen molar-refractivity contribution in [3.8, 4) is 0 Å². The fraction of sp³-hybridized carbons (Fsp3) is 0.938. The van der Waals surface area contributed by atoms with Gasteiger partial charge >= 0.3 is 0 Å². The van der Waals surface area contributed by atoms with E-state index in [0.717, 1.165) is 38.8 Å². The molecule has 1 saturated carbocycles. The standard InChI is InChI=1S/C16H30N2O2.ClH/c17-13-16(8-3-1-4-9-16)12-15(19)18-10-7-14-6-2-5-11-20-14;/h14H,1-13,17H2,(H,18,19);1H. The smallest absolute Gasteiger partial charge is 0.220 e. The summed E-state index contributed by atoms with van der Waals surface area (Å²) in [5.74, 6) is 0.174. The number of ether oxygens (including phenoxy) is 1. The molecule has 1 amide bonds. The van der Waals surface area contributed by atoms with Gasteiger partial charge in [-0.3, -0.25) is 4.79 Å². The molecule has 2 fully saturated rings. The lowest BCUT2D eigenvalue weighted by molar-refractivity contribution is -0.124. The van der Waals surface area contributed by atoms with Crippen LogP contribution in [0.25, 0.3) is 0 Å². The van der Waals surface area contributed by atoms with Crippen molar-refractivity contribution in [2.24, 2.45) is 11.1 Å². The molecule has 1 aliphatic carbocycles. The molecule has 124 valence electrons. The number of hydrogen-bond acceptors (Lipinski definition) is 3. The van der Waals surface area contributed by atoms with Gasteiger partial charge in [-0.25, -0.2) is 0 Å². The van der Waals surface area contributed by atoms with Gasteiger partial charge in [0.05, 0.1) is 6.10 Å². The molecule has 0 bridgehead atoms. The summed E-state index contributed by atoms with van der Waals surface area (Å²) in [4.78, 5) is 12.1. The van der Waals surface area contributed by atoms with Crippen LogP contribution in [0.5, 0.6) is 0 Å². The highest BCUT2D eigenvalue weighted by molar-refractivity contribution is 5.85. The second-order valence-corrected chi connectivity index (χ2v) is 6.57. The predicted molar refractivity (Wildman–Crippen MR) is 87.7 cm³/mol. The zero-order valence-corrected chi connectivity index (χ0v) is 13.9. The Morgan fingerprint density at radius 2 is 1.95 bits per heavy atom. The summed E-state index contributed by atoms with van der Waals surface area (Å²) >= 11 is 0. The molecular formula is C16H31ClN2O2. The van der Waals surface area contributed by atoms with Crippen LogP contribution in [0, 0.1) is 5.41 Å². The van der Waals surface area contributed by atoms with Gasteiger partial charge in [-0.2, -0.15) is 0 Å². The van der Waals surface area contributed by atoms with Gasteiger partial charge in [0.1, 0.15) is 0 Å². The quantitative estimate of drug-likeness (QED) is 0.791. The Morgan fingerprint density at radius 3 is 2.57 bits per heavy atom. The molecule has 2 aliphatic rings. The summed E-state index contributed by atoms with van der Waals surface area (Å²) in [6, 6.07) is 0. The van der Waals surface area contributed by atoms with Crippen LogP contribution in [0.1, 0.15) is 64.2 Å². The Kier molecular flexibility index (Phi) is 8.60. The van der Waals surface area contributed by atoms with E-state index in [0.29, 0.717) is 19.1 Å². The van der Waals surface area contributed by atoms with Gasteiger partial charge in [0.15, 0.2) is 0 Å². The van der Waals surface area contributed by atoms with Crippen molar-refractivity contribution in [2.75, 3.05) is 19.7 Å². The van der Waals surface area contributed by atoms with Gasteiger partial charge in [-0.15, -0.1) is 12.4 Å². The predicted octanol–water partition coefficient (Wildman–Crippen LogP) is 2.78. The third-order valence-corrected chi connectivity index (χ3v) is 4.95. The zero-order valence-electron chi connectivity index (χ0n) is 13.1. The monoisotopic (exact) mass is 318 g/mol. The van der Waals surface area contributed by atoms with Crippen molar-refractivity contribution in [3.05, 3.63) is 0 Å². The summed E-state index contributed by atoms with van der Waals surface area (Å²) in [5.41, 5.74) is 6.01. The third kappa shape index (κ3) is 6.13. The molecule has 2 rings (SSSR count). The SMILES string of the molecule is Cl.NCC1(CC(=O)NCCC2CCCCO2)CCCCC1. The molecule has 0 aromatic carbocycles. The number of amides is 1. The molecule has 4 nitrogen and oxygen atoms in total. The van der Waals surface area contributed by atoms with E-state index in [2.05, 4.69) is 5.32 Å². The topological polar surface area (TPSA) is 64.4 Å². The average molecular weight is 319 g/mol. The van der Waals surface area contributed by atoms with Crippen LogP contribution in [-0.2, 0) is 9.53 Å². The first kappa shape index (κ1) is 18.7. The Balaban J connectivity index is 0.00000220. The van der Waals surface area contributed by atoms with Crippen molar-refractivity contribution >= 4 is 18.3 Å². The molecule has 1 unspecified atom stereocenters. The number of carbonyl (C=O) groups is 1. The van der Waals surface area contributed by atoms with Crippen LogP contribution in [0.2, 0.25) is 0 Å². The fourth-order valence-electron chi connectivity index (χ4n) is 3.57. The largest absolute Gasteiger partial charge is 0.378 e. The molecule has 1 saturated heterocycles. The number of carbonyl (C=O) groups excluding carboxylic acids is 1. The Labute approximate surface area is 135 Å². The third-order valence-electron chi connectivity index (χ3n) is 4.95. The summed E-state index contributed by atoms with van der Waals surface area (Å²) in [7, 11) is 0. The Bertz CT molecular complexity index is 301. The van der Waals surface area contributed by atoms with Crippen LogP contribution in [0.3, 0.4) is 0 Å². The van der Waals surface area contributed by atoms with E-state index in [4.69, 9.17) is 10.5 Å². The van der Waals surface area contributed by atoms with Gasteiger partial charge < -0.3 is 15.8 Å². The maximum absolute atomic E-state index is 12.1. The number of rotatable bonds is 6. The van der Waals surface area contributed by atoms with Crippen molar-refractivity contribution in [3.63, 3.8) is 0 Å². The van der Waals surface area contributed by atoms with E-state index < -0.39 is 0 Å². The molecule has 1 heterocycles. The highest BCUT2D eigenvalue weighted by Gasteiger charge is 2.32. The molecule has 3 N–H and O–H groups in total. The maximum atomic E-state index is 12.1.